The largest absolute Gasteiger partial charge is 0.497 e. The van der Waals surface area contributed by atoms with Crippen molar-refractivity contribution in [1.29, 1.82) is 0 Å². The number of fused-ring (bicyclic) bond motifs is 1. The molecule has 0 saturated carbocycles. The average Bonchev–Trinajstić information content (AvgIpc) is 2.85. The molecule has 0 aliphatic rings. The lowest BCUT2D eigenvalue weighted by Gasteiger charge is -2.07. The molecule has 3 aromatic rings. The van der Waals surface area contributed by atoms with Crippen molar-refractivity contribution in [2.45, 2.75) is 19.9 Å². The fourth-order valence-electron chi connectivity index (χ4n) is 3.00. The van der Waals surface area contributed by atoms with E-state index in [4.69, 9.17) is 4.74 Å². The number of hydrogen-bond acceptors (Lipinski definition) is 2. The lowest BCUT2D eigenvalue weighted by atomic mass is 10.1. The number of carbonyl (C=O) groups excluding carboxylic acids is 1. The van der Waals surface area contributed by atoms with Gasteiger partial charge in [-0.2, -0.15) is 0 Å². The number of benzene rings is 2. The number of aryl methyl sites for hydroxylation is 1. The zero-order valence-corrected chi connectivity index (χ0v) is 14.3. The van der Waals surface area contributed by atoms with Crippen molar-refractivity contribution in [2.75, 3.05) is 7.11 Å². The first-order chi connectivity index (χ1) is 11.6. The highest BCUT2D eigenvalue weighted by Crippen LogP contribution is 2.24. The normalized spacial score (nSPS) is 10.8. The molecular weight excluding hydrogens is 300 g/mol. The number of rotatable bonds is 5. The Labute approximate surface area is 142 Å². The van der Waals surface area contributed by atoms with Crippen LogP contribution >= 0.6 is 0 Å². The molecule has 124 valence electrons. The number of hydrogen-bond donors (Lipinski definition) is 1. The first-order valence-corrected chi connectivity index (χ1v) is 8.02. The van der Waals surface area contributed by atoms with Gasteiger partial charge < -0.3 is 14.6 Å². The van der Waals surface area contributed by atoms with Gasteiger partial charge in [0.15, 0.2) is 0 Å². The molecule has 2 aromatic carbocycles. The quantitative estimate of drug-likeness (QED) is 0.783. The summed E-state index contributed by atoms with van der Waals surface area (Å²) in [7, 11) is 3.69. The van der Waals surface area contributed by atoms with Gasteiger partial charge in [-0.05, 0) is 36.2 Å². The predicted octanol–water partition coefficient (Wildman–Crippen LogP) is 3.35. The highest BCUT2D eigenvalue weighted by molar-refractivity contribution is 5.86. The van der Waals surface area contributed by atoms with E-state index in [1.807, 2.05) is 36.4 Å². The fraction of sp³-hybridized carbons (Fsp3) is 0.250. The minimum Gasteiger partial charge on any atom is -0.497 e. The molecule has 0 radical (unpaired) electrons. The van der Waals surface area contributed by atoms with E-state index in [-0.39, 0.29) is 5.91 Å². The molecular formula is C20H22N2O2. The van der Waals surface area contributed by atoms with E-state index in [0.29, 0.717) is 13.0 Å². The first-order valence-electron chi connectivity index (χ1n) is 8.02. The smallest absolute Gasteiger partial charge is 0.224 e. The van der Waals surface area contributed by atoms with Gasteiger partial charge in [0.25, 0.3) is 0 Å². The SMILES string of the molecule is COc1ccc(CC(=O)NCc2c(C)n(C)c3ccccc23)cc1. The van der Waals surface area contributed by atoms with Crippen molar-refractivity contribution >= 4 is 16.8 Å². The Morgan fingerprint density at radius 1 is 1.12 bits per heavy atom. The summed E-state index contributed by atoms with van der Waals surface area (Å²) < 4.78 is 7.30. The van der Waals surface area contributed by atoms with Crippen molar-refractivity contribution in [1.82, 2.24) is 9.88 Å². The third-order valence-electron chi connectivity index (χ3n) is 4.52. The molecule has 0 aliphatic carbocycles. The standard InChI is InChI=1S/C20H22N2O2/c1-14-18(17-6-4-5-7-19(17)22(14)2)13-21-20(23)12-15-8-10-16(24-3)11-9-15/h4-11H,12-13H2,1-3H3,(H,21,23). The van der Waals surface area contributed by atoms with Crippen LogP contribution in [0, 0.1) is 6.92 Å². The summed E-state index contributed by atoms with van der Waals surface area (Å²) in [5, 5.41) is 4.24. The number of aromatic nitrogens is 1. The second kappa shape index (κ2) is 6.79. The van der Waals surface area contributed by atoms with E-state index < -0.39 is 0 Å². The Morgan fingerprint density at radius 3 is 2.54 bits per heavy atom. The molecule has 1 amide bonds. The maximum Gasteiger partial charge on any atom is 0.224 e. The van der Waals surface area contributed by atoms with Gasteiger partial charge in [-0.3, -0.25) is 4.79 Å². The van der Waals surface area contributed by atoms with Gasteiger partial charge >= 0.3 is 0 Å². The molecule has 4 nitrogen and oxygen atoms in total. The number of carbonyl (C=O) groups is 1. The van der Waals surface area contributed by atoms with Crippen LogP contribution in [0.2, 0.25) is 0 Å². The maximum atomic E-state index is 12.2. The molecule has 1 heterocycles. The molecule has 0 aliphatic heterocycles. The van der Waals surface area contributed by atoms with E-state index in [0.717, 1.165) is 11.3 Å². The Morgan fingerprint density at radius 2 is 1.83 bits per heavy atom. The lowest BCUT2D eigenvalue weighted by molar-refractivity contribution is -0.120. The summed E-state index contributed by atoms with van der Waals surface area (Å²) in [5.74, 6) is 0.818. The molecule has 1 aromatic heterocycles. The second-order valence-corrected chi connectivity index (χ2v) is 5.94. The molecule has 24 heavy (non-hydrogen) atoms. The fourth-order valence-corrected chi connectivity index (χ4v) is 3.00. The van der Waals surface area contributed by atoms with Gasteiger partial charge in [-0.1, -0.05) is 30.3 Å². The van der Waals surface area contributed by atoms with Crippen LogP contribution in [-0.2, 0) is 24.8 Å². The van der Waals surface area contributed by atoms with E-state index in [2.05, 4.69) is 36.0 Å². The number of amides is 1. The maximum absolute atomic E-state index is 12.2. The van der Waals surface area contributed by atoms with E-state index in [9.17, 15) is 4.79 Å². The van der Waals surface area contributed by atoms with Gasteiger partial charge in [-0.25, -0.2) is 0 Å². The highest BCUT2D eigenvalue weighted by Gasteiger charge is 2.12. The van der Waals surface area contributed by atoms with E-state index >= 15 is 0 Å². The minimum absolute atomic E-state index is 0.0208. The van der Waals surface area contributed by atoms with Gasteiger partial charge in [0.2, 0.25) is 5.91 Å². The molecule has 4 heteroatoms. The zero-order valence-electron chi connectivity index (χ0n) is 14.3. The third kappa shape index (κ3) is 3.13. The Balaban J connectivity index is 1.69. The van der Waals surface area contributed by atoms with Crippen molar-refractivity contribution in [2.24, 2.45) is 7.05 Å². The Hall–Kier alpha value is -2.75. The molecule has 0 saturated heterocycles. The molecule has 0 atom stereocenters. The van der Waals surface area contributed by atoms with Crippen molar-refractivity contribution in [3.05, 3.63) is 65.4 Å². The van der Waals surface area contributed by atoms with Gasteiger partial charge in [0, 0.05) is 30.2 Å². The monoisotopic (exact) mass is 322 g/mol. The molecule has 0 unspecified atom stereocenters. The number of nitrogens with zero attached hydrogens (tertiary/aromatic N) is 1. The van der Waals surface area contributed by atoms with Crippen LogP contribution < -0.4 is 10.1 Å². The third-order valence-corrected chi connectivity index (χ3v) is 4.52. The summed E-state index contributed by atoms with van der Waals surface area (Å²) in [5.41, 5.74) is 4.52. The van der Waals surface area contributed by atoms with Crippen LogP contribution in [0.1, 0.15) is 16.8 Å². The molecule has 3 rings (SSSR count). The molecule has 1 N–H and O–H groups in total. The minimum atomic E-state index is 0.0208. The molecule has 0 bridgehead atoms. The lowest BCUT2D eigenvalue weighted by Crippen LogP contribution is -2.24. The summed E-state index contributed by atoms with van der Waals surface area (Å²) in [6, 6.07) is 15.9. The van der Waals surface area contributed by atoms with Gasteiger partial charge in [-0.15, -0.1) is 0 Å². The van der Waals surface area contributed by atoms with Crippen LogP contribution in [0.25, 0.3) is 10.9 Å². The zero-order chi connectivity index (χ0) is 17.1. The van der Waals surface area contributed by atoms with Gasteiger partial charge in [0.1, 0.15) is 5.75 Å². The van der Waals surface area contributed by atoms with Crippen LogP contribution in [-0.4, -0.2) is 17.6 Å². The summed E-state index contributed by atoms with van der Waals surface area (Å²) >= 11 is 0. The summed E-state index contributed by atoms with van der Waals surface area (Å²) in [6.07, 6.45) is 0.369. The summed E-state index contributed by atoms with van der Waals surface area (Å²) in [6.45, 7) is 2.63. The van der Waals surface area contributed by atoms with Crippen molar-refractivity contribution < 1.29 is 9.53 Å². The number of methoxy groups -OCH3 is 1. The Bertz CT molecular complexity index is 863. The average molecular weight is 322 g/mol. The molecule has 0 fully saturated rings. The van der Waals surface area contributed by atoms with E-state index in [1.165, 1.54) is 22.2 Å². The molecule has 0 spiro atoms. The topological polar surface area (TPSA) is 43.3 Å². The number of nitrogens with one attached hydrogen (secondary N) is 1. The van der Waals surface area contributed by atoms with Crippen LogP contribution in [0.5, 0.6) is 5.75 Å². The highest BCUT2D eigenvalue weighted by atomic mass is 16.5. The number of ether oxygens (including phenoxy) is 1. The van der Waals surface area contributed by atoms with Crippen molar-refractivity contribution in [3.8, 4) is 5.75 Å². The number of para-hydroxylation sites is 1. The van der Waals surface area contributed by atoms with Crippen LogP contribution in [0.4, 0.5) is 0 Å². The van der Waals surface area contributed by atoms with Gasteiger partial charge in [0.05, 0.1) is 13.5 Å². The second-order valence-electron chi connectivity index (χ2n) is 5.94. The van der Waals surface area contributed by atoms with Crippen LogP contribution in [0.15, 0.2) is 48.5 Å². The predicted molar refractivity (Wildman–Crippen MR) is 96.2 cm³/mol. The van der Waals surface area contributed by atoms with Crippen LogP contribution in [0.3, 0.4) is 0 Å². The Kier molecular flexibility index (Phi) is 4.56. The first kappa shape index (κ1) is 16.1. The summed E-state index contributed by atoms with van der Waals surface area (Å²) in [4.78, 5) is 12.2. The van der Waals surface area contributed by atoms with Crippen molar-refractivity contribution in [3.63, 3.8) is 0 Å². The van der Waals surface area contributed by atoms with E-state index in [1.54, 1.807) is 7.11 Å².